The molecule has 2 rings (SSSR count). The average molecular weight is 480 g/mol. The van der Waals surface area contributed by atoms with Crippen molar-refractivity contribution in [2.24, 2.45) is 4.99 Å². The molecule has 0 aliphatic carbocycles. The highest BCUT2D eigenvalue weighted by Crippen LogP contribution is 2.19. The molecule has 1 atom stereocenters. The standard InChI is InChI=1S/C17H22F2N4S.HI/c1-11(15-5-4-13(18)8-16(15)19)9-22-17(20-3)21-7-6-14-10-24-12(2)23-14;/h4-5,8,10-11H,6-7,9H2,1-3H3,(H2,20,21,22);1H. The Kier molecular flexibility index (Phi) is 9.26. The van der Waals surface area contributed by atoms with Crippen LogP contribution >= 0.6 is 35.3 Å². The van der Waals surface area contributed by atoms with Crippen molar-refractivity contribution < 1.29 is 8.78 Å². The molecule has 0 spiro atoms. The Morgan fingerprint density at radius 3 is 2.68 bits per heavy atom. The Labute approximate surface area is 168 Å². The lowest BCUT2D eigenvalue weighted by Crippen LogP contribution is -2.40. The summed E-state index contributed by atoms with van der Waals surface area (Å²) in [7, 11) is 1.69. The largest absolute Gasteiger partial charge is 0.356 e. The van der Waals surface area contributed by atoms with Gasteiger partial charge in [0, 0.05) is 43.9 Å². The SMILES string of the molecule is CN=C(NCCc1csc(C)n1)NCC(C)c1ccc(F)cc1F.I. The van der Waals surface area contributed by atoms with Crippen LogP contribution in [0.25, 0.3) is 0 Å². The van der Waals surface area contributed by atoms with Crippen molar-refractivity contribution in [1.29, 1.82) is 0 Å². The summed E-state index contributed by atoms with van der Waals surface area (Å²) in [4.78, 5) is 8.56. The van der Waals surface area contributed by atoms with Crippen LogP contribution in [0.5, 0.6) is 0 Å². The lowest BCUT2D eigenvalue weighted by atomic mass is 10.0. The molecule has 1 aromatic heterocycles. The van der Waals surface area contributed by atoms with Gasteiger partial charge in [-0.1, -0.05) is 13.0 Å². The van der Waals surface area contributed by atoms with Gasteiger partial charge in [0.2, 0.25) is 0 Å². The highest BCUT2D eigenvalue weighted by atomic mass is 127. The highest BCUT2D eigenvalue weighted by molar-refractivity contribution is 14.0. The number of guanidine groups is 1. The summed E-state index contributed by atoms with van der Waals surface area (Å²) >= 11 is 1.64. The predicted molar refractivity (Wildman–Crippen MR) is 110 cm³/mol. The molecule has 0 fully saturated rings. The van der Waals surface area contributed by atoms with E-state index in [1.807, 2.05) is 19.2 Å². The molecular weight excluding hydrogens is 457 g/mol. The molecule has 0 aliphatic heterocycles. The van der Waals surface area contributed by atoms with Gasteiger partial charge in [0.05, 0.1) is 10.7 Å². The van der Waals surface area contributed by atoms with E-state index in [9.17, 15) is 8.78 Å². The van der Waals surface area contributed by atoms with Gasteiger partial charge in [0.1, 0.15) is 11.6 Å². The maximum atomic E-state index is 13.8. The first-order valence-corrected chi connectivity index (χ1v) is 8.68. The molecule has 8 heteroatoms. The maximum absolute atomic E-state index is 13.8. The van der Waals surface area contributed by atoms with Crippen LogP contribution in [0.4, 0.5) is 8.78 Å². The van der Waals surface area contributed by atoms with Crippen molar-refractivity contribution >= 4 is 41.3 Å². The van der Waals surface area contributed by atoms with Gasteiger partial charge >= 0.3 is 0 Å². The fourth-order valence-corrected chi connectivity index (χ4v) is 2.96. The lowest BCUT2D eigenvalue weighted by Gasteiger charge is -2.16. The summed E-state index contributed by atoms with van der Waals surface area (Å²) in [6.45, 7) is 5.08. The van der Waals surface area contributed by atoms with Gasteiger partial charge in [0.15, 0.2) is 5.96 Å². The number of aliphatic imine (C=N–C) groups is 1. The molecule has 0 aliphatic rings. The van der Waals surface area contributed by atoms with Crippen molar-refractivity contribution in [2.75, 3.05) is 20.1 Å². The molecule has 4 nitrogen and oxygen atoms in total. The van der Waals surface area contributed by atoms with E-state index in [1.54, 1.807) is 18.4 Å². The van der Waals surface area contributed by atoms with Gasteiger partial charge in [-0.25, -0.2) is 13.8 Å². The number of benzene rings is 1. The normalized spacial score (nSPS) is 12.4. The van der Waals surface area contributed by atoms with Gasteiger partial charge in [-0.05, 0) is 18.6 Å². The Hall–Kier alpha value is -1.29. The van der Waals surface area contributed by atoms with E-state index in [-0.39, 0.29) is 29.9 Å². The Morgan fingerprint density at radius 2 is 2.08 bits per heavy atom. The molecule has 0 radical (unpaired) electrons. The first-order valence-electron chi connectivity index (χ1n) is 7.80. The van der Waals surface area contributed by atoms with E-state index in [1.165, 1.54) is 12.1 Å². The molecule has 0 saturated heterocycles. The second kappa shape index (κ2) is 10.6. The van der Waals surface area contributed by atoms with Crippen LogP contribution < -0.4 is 10.6 Å². The van der Waals surface area contributed by atoms with E-state index < -0.39 is 11.6 Å². The highest BCUT2D eigenvalue weighted by Gasteiger charge is 2.12. The van der Waals surface area contributed by atoms with Crippen molar-refractivity contribution in [3.05, 3.63) is 51.5 Å². The van der Waals surface area contributed by atoms with Crippen LogP contribution in [0.3, 0.4) is 0 Å². The molecule has 138 valence electrons. The van der Waals surface area contributed by atoms with Crippen LogP contribution in [0.2, 0.25) is 0 Å². The summed E-state index contributed by atoms with van der Waals surface area (Å²) in [6.07, 6.45) is 0.813. The van der Waals surface area contributed by atoms with Crippen molar-refractivity contribution in [2.45, 2.75) is 26.2 Å². The number of rotatable bonds is 6. The van der Waals surface area contributed by atoms with Gasteiger partial charge in [-0.2, -0.15) is 0 Å². The molecular formula is C17H23F2IN4S. The summed E-state index contributed by atoms with van der Waals surface area (Å²) in [5, 5.41) is 9.48. The number of hydrogen-bond acceptors (Lipinski definition) is 3. The molecule has 0 saturated carbocycles. The minimum Gasteiger partial charge on any atom is -0.356 e. The maximum Gasteiger partial charge on any atom is 0.191 e. The van der Waals surface area contributed by atoms with E-state index in [2.05, 4.69) is 20.6 Å². The molecule has 2 N–H and O–H groups in total. The van der Waals surface area contributed by atoms with E-state index in [4.69, 9.17) is 0 Å². The molecule has 0 bridgehead atoms. The van der Waals surface area contributed by atoms with Crippen molar-refractivity contribution in [3.8, 4) is 0 Å². The molecule has 25 heavy (non-hydrogen) atoms. The number of nitrogens with one attached hydrogen (secondary N) is 2. The third kappa shape index (κ3) is 6.85. The fourth-order valence-electron chi connectivity index (χ4n) is 2.31. The van der Waals surface area contributed by atoms with Crippen molar-refractivity contribution in [3.63, 3.8) is 0 Å². The Morgan fingerprint density at radius 1 is 1.32 bits per heavy atom. The van der Waals surface area contributed by atoms with Crippen LogP contribution in [-0.4, -0.2) is 31.1 Å². The second-order valence-electron chi connectivity index (χ2n) is 5.55. The van der Waals surface area contributed by atoms with E-state index in [0.29, 0.717) is 24.6 Å². The topological polar surface area (TPSA) is 49.3 Å². The Bertz CT molecular complexity index is 706. The minimum absolute atomic E-state index is 0. The zero-order chi connectivity index (χ0) is 17.5. The minimum atomic E-state index is -0.564. The molecule has 2 aromatic rings. The van der Waals surface area contributed by atoms with Crippen LogP contribution in [0, 0.1) is 18.6 Å². The molecule has 1 unspecified atom stereocenters. The van der Waals surface area contributed by atoms with Crippen LogP contribution in [0.1, 0.15) is 29.1 Å². The number of thiazole rings is 1. The Balaban J connectivity index is 0.00000312. The van der Waals surface area contributed by atoms with Gasteiger partial charge < -0.3 is 10.6 Å². The summed E-state index contributed by atoms with van der Waals surface area (Å²) < 4.78 is 26.8. The lowest BCUT2D eigenvalue weighted by molar-refractivity contribution is 0.556. The quantitative estimate of drug-likeness (QED) is 0.375. The third-order valence-electron chi connectivity index (χ3n) is 3.63. The number of nitrogens with zero attached hydrogens (tertiary/aromatic N) is 2. The van der Waals surface area contributed by atoms with Crippen LogP contribution in [-0.2, 0) is 6.42 Å². The summed E-state index contributed by atoms with van der Waals surface area (Å²) in [5.74, 6) is -0.543. The zero-order valence-electron chi connectivity index (χ0n) is 14.5. The average Bonchev–Trinajstić information content (AvgIpc) is 2.95. The van der Waals surface area contributed by atoms with E-state index in [0.717, 1.165) is 23.2 Å². The molecule has 1 heterocycles. The first-order chi connectivity index (χ1) is 11.5. The monoisotopic (exact) mass is 480 g/mol. The molecule has 0 amide bonds. The smallest absolute Gasteiger partial charge is 0.191 e. The van der Waals surface area contributed by atoms with E-state index >= 15 is 0 Å². The fraction of sp³-hybridized carbons (Fsp3) is 0.412. The van der Waals surface area contributed by atoms with Crippen LogP contribution in [0.15, 0.2) is 28.6 Å². The predicted octanol–water partition coefficient (Wildman–Crippen LogP) is 3.86. The first kappa shape index (κ1) is 21.8. The van der Waals surface area contributed by atoms with Gasteiger partial charge in [-0.3, -0.25) is 4.99 Å². The van der Waals surface area contributed by atoms with Gasteiger partial charge in [-0.15, -0.1) is 35.3 Å². The molecule has 1 aromatic carbocycles. The second-order valence-corrected chi connectivity index (χ2v) is 6.62. The zero-order valence-corrected chi connectivity index (χ0v) is 17.6. The number of hydrogen-bond donors (Lipinski definition) is 2. The van der Waals surface area contributed by atoms with Gasteiger partial charge in [0.25, 0.3) is 0 Å². The van der Waals surface area contributed by atoms with Crippen molar-refractivity contribution in [1.82, 2.24) is 15.6 Å². The number of aryl methyl sites for hydroxylation is 1. The number of halogens is 3. The summed E-state index contributed by atoms with van der Waals surface area (Å²) in [6, 6.07) is 3.67. The number of aromatic nitrogens is 1. The third-order valence-corrected chi connectivity index (χ3v) is 4.46. The summed E-state index contributed by atoms with van der Waals surface area (Å²) in [5.41, 5.74) is 1.54.